The Morgan fingerprint density at radius 3 is 2.52 bits per heavy atom. The van der Waals surface area contributed by atoms with Crippen molar-refractivity contribution in [2.45, 2.75) is 13.1 Å². The summed E-state index contributed by atoms with van der Waals surface area (Å²) in [5.74, 6) is -1.53. The number of carbonyl (C=O) groups is 2. The number of nitro benzene ring substituents is 1. The molecule has 0 spiro atoms. The number of hydrogen-bond donors (Lipinski definition) is 1. The summed E-state index contributed by atoms with van der Waals surface area (Å²) >= 11 is 5.53. The van der Waals surface area contributed by atoms with Gasteiger partial charge in [-0.1, -0.05) is 17.7 Å². The van der Waals surface area contributed by atoms with Crippen molar-refractivity contribution in [2.24, 2.45) is 0 Å². The van der Waals surface area contributed by atoms with Crippen LogP contribution in [0.2, 0.25) is 5.02 Å². The smallest absolute Gasteiger partial charge is 0.417 e. The lowest BCUT2D eigenvalue weighted by Gasteiger charge is -2.18. The second-order valence-corrected chi connectivity index (χ2v) is 6.91. The Bertz CT molecular complexity index is 1010. The monoisotopic (exact) mass is 459 g/mol. The van der Waals surface area contributed by atoms with E-state index in [1.54, 1.807) is 6.92 Å². The SMILES string of the molecule is Cc1ccc([N+](=O)[O-])c(OCC(=O)N(C)CC(=O)Nc2ccc(Cl)c(C(F)(F)F)c2)c1. The van der Waals surface area contributed by atoms with Gasteiger partial charge < -0.3 is 15.0 Å². The molecule has 166 valence electrons. The Labute approximate surface area is 179 Å². The van der Waals surface area contributed by atoms with Gasteiger partial charge in [-0.05, 0) is 36.8 Å². The zero-order chi connectivity index (χ0) is 23.3. The lowest BCUT2D eigenvalue weighted by atomic mass is 10.2. The molecular formula is C19H17ClF3N3O5. The van der Waals surface area contributed by atoms with Gasteiger partial charge in [-0.15, -0.1) is 0 Å². The normalized spacial score (nSPS) is 11.0. The highest BCUT2D eigenvalue weighted by atomic mass is 35.5. The molecule has 0 aromatic heterocycles. The number of hydrogen-bond acceptors (Lipinski definition) is 5. The van der Waals surface area contributed by atoms with E-state index in [1.807, 2.05) is 0 Å². The molecule has 0 bridgehead atoms. The number of aryl methyl sites for hydroxylation is 1. The van der Waals surface area contributed by atoms with Crippen LogP contribution in [-0.4, -0.2) is 41.8 Å². The number of likely N-dealkylation sites (N-methyl/N-ethyl adjacent to an activating group) is 1. The van der Waals surface area contributed by atoms with Crippen LogP contribution in [0.3, 0.4) is 0 Å². The minimum absolute atomic E-state index is 0.1000. The summed E-state index contributed by atoms with van der Waals surface area (Å²) in [5, 5.41) is 12.8. The van der Waals surface area contributed by atoms with Crippen molar-refractivity contribution in [1.29, 1.82) is 0 Å². The van der Waals surface area contributed by atoms with E-state index in [2.05, 4.69) is 5.32 Å². The topological polar surface area (TPSA) is 102 Å². The summed E-state index contributed by atoms with van der Waals surface area (Å²) in [7, 11) is 1.28. The average molecular weight is 460 g/mol. The molecule has 0 atom stereocenters. The number of carbonyl (C=O) groups excluding carboxylic acids is 2. The molecule has 12 heteroatoms. The highest BCUT2D eigenvalue weighted by Crippen LogP contribution is 2.36. The third kappa shape index (κ3) is 6.57. The fourth-order valence-electron chi connectivity index (χ4n) is 2.46. The molecule has 0 saturated heterocycles. The second-order valence-electron chi connectivity index (χ2n) is 6.51. The van der Waals surface area contributed by atoms with Crippen molar-refractivity contribution in [3.05, 3.63) is 62.7 Å². The van der Waals surface area contributed by atoms with E-state index in [0.717, 1.165) is 11.0 Å². The fraction of sp³-hybridized carbons (Fsp3) is 0.263. The van der Waals surface area contributed by atoms with E-state index >= 15 is 0 Å². The van der Waals surface area contributed by atoms with Crippen LogP contribution in [0, 0.1) is 17.0 Å². The number of nitrogens with zero attached hydrogens (tertiary/aromatic N) is 2. The number of ether oxygens (including phenoxy) is 1. The first-order chi connectivity index (χ1) is 14.4. The van der Waals surface area contributed by atoms with Crippen molar-refractivity contribution in [3.8, 4) is 5.75 Å². The molecule has 0 aliphatic heterocycles. The maximum absolute atomic E-state index is 12.9. The molecule has 2 rings (SSSR count). The number of nitro groups is 1. The summed E-state index contributed by atoms with van der Waals surface area (Å²) in [6, 6.07) is 7.03. The molecule has 0 unspecified atom stereocenters. The van der Waals surface area contributed by atoms with Gasteiger partial charge in [-0.2, -0.15) is 13.2 Å². The fourth-order valence-corrected chi connectivity index (χ4v) is 2.69. The zero-order valence-corrected chi connectivity index (χ0v) is 17.1. The van der Waals surface area contributed by atoms with Crippen molar-refractivity contribution in [2.75, 3.05) is 25.5 Å². The summed E-state index contributed by atoms with van der Waals surface area (Å²) in [5.41, 5.74) is -0.886. The maximum Gasteiger partial charge on any atom is 0.417 e. The number of rotatable bonds is 7. The van der Waals surface area contributed by atoms with Crippen LogP contribution < -0.4 is 10.1 Å². The number of nitrogens with one attached hydrogen (secondary N) is 1. The molecule has 2 amide bonds. The molecule has 2 aromatic rings. The van der Waals surface area contributed by atoms with Crippen molar-refractivity contribution >= 4 is 34.8 Å². The lowest BCUT2D eigenvalue weighted by molar-refractivity contribution is -0.385. The van der Waals surface area contributed by atoms with Crippen LogP contribution in [0.5, 0.6) is 5.75 Å². The molecule has 1 N–H and O–H groups in total. The molecule has 0 saturated carbocycles. The second kappa shape index (κ2) is 9.65. The van der Waals surface area contributed by atoms with Gasteiger partial charge in [0.05, 0.1) is 22.1 Å². The van der Waals surface area contributed by atoms with E-state index in [4.69, 9.17) is 16.3 Å². The molecule has 0 aliphatic carbocycles. The number of halogens is 4. The number of alkyl halides is 3. The third-order valence-electron chi connectivity index (χ3n) is 4.03. The van der Waals surface area contributed by atoms with Crippen LogP contribution in [0.15, 0.2) is 36.4 Å². The summed E-state index contributed by atoms with van der Waals surface area (Å²) in [6.07, 6.45) is -4.69. The lowest BCUT2D eigenvalue weighted by Crippen LogP contribution is -2.37. The van der Waals surface area contributed by atoms with Gasteiger partial charge in [0.1, 0.15) is 0 Å². The van der Waals surface area contributed by atoms with Crippen molar-refractivity contribution in [1.82, 2.24) is 4.90 Å². The van der Waals surface area contributed by atoms with E-state index in [1.165, 1.54) is 31.3 Å². The Hall–Kier alpha value is -3.34. The largest absolute Gasteiger partial charge is 0.477 e. The maximum atomic E-state index is 12.9. The van der Waals surface area contributed by atoms with Gasteiger partial charge in [0.2, 0.25) is 5.91 Å². The first kappa shape index (κ1) is 23.9. The Balaban J connectivity index is 1.97. The minimum atomic E-state index is -4.69. The standard InChI is InChI=1S/C19H17ClF3N3O5/c1-11-3-6-15(26(29)30)16(7-11)31-10-18(28)25(2)9-17(27)24-12-4-5-14(20)13(8-12)19(21,22)23/h3-8H,9-10H2,1-2H3,(H,24,27). The zero-order valence-electron chi connectivity index (χ0n) is 16.3. The van der Waals surface area contributed by atoms with E-state index in [-0.39, 0.29) is 17.1 Å². The van der Waals surface area contributed by atoms with Gasteiger partial charge in [-0.25, -0.2) is 0 Å². The molecule has 31 heavy (non-hydrogen) atoms. The average Bonchev–Trinajstić information content (AvgIpc) is 2.66. The first-order valence-corrected chi connectivity index (χ1v) is 9.04. The number of amides is 2. The van der Waals surface area contributed by atoms with E-state index in [9.17, 15) is 32.9 Å². The molecular weight excluding hydrogens is 443 g/mol. The van der Waals surface area contributed by atoms with Crippen LogP contribution in [0.25, 0.3) is 0 Å². The van der Waals surface area contributed by atoms with Crippen molar-refractivity contribution in [3.63, 3.8) is 0 Å². The van der Waals surface area contributed by atoms with E-state index < -0.39 is 46.7 Å². The molecule has 0 fully saturated rings. The van der Waals surface area contributed by atoms with Gasteiger partial charge in [0.25, 0.3) is 5.91 Å². The van der Waals surface area contributed by atoms with Gasteiger partial charge in [0.15, 0.2) is 12.4 Å². The summed E-state index contributed by atoms with van der Waals surface area (Å²) in [6.45, 7) is 0.630. The van der Waals surface area contributed by atoms with E-state index in [0.29, 0.717) is 11.6 Å². The molecule has 8 nitrogen and oxygen atoms in total. The van der Waals surface area contributed by atoms with Crippen molar-refractivity contribution < 1.29 is 32.4 Å². The molecule has 0 aliphatic rings. The van der Waals surface area contributed by atoms with Gasteiger partial charge in [0, 0.05) is 18.8 Å². The Morgan fingerprint density at radius 1 is 1.23 bits per heavy atom. The highest BCUT2D eigenvalue weighted by molar-refractivity contribution is 6.31. The van der Waals surface area contributed by atoms with Crippen LogP contribution in [-0.2, 0) is 15.8 Å². The number of anilines is 1. The third-order valence-corrected chi connectivity index (χ3v) is 4.35. The molecule has 0 radical (unpaired) electrons. The first-order valence-electron chi connectivity index (χ1n) is 8.67. The Morgan fingerprint density at radius 2 is 1.90 bits per heavy atom. The number of benzene rings is 2. The quantitative estimate of drug-likeness (QED) is 0.497. The minimum Gasteiger partial charge on any atom is -0.477 e. The van der Waals surface area contributed by atoms with Crippen LogP contribution in [0.4, 0.5) is 24.5 Å². The predicted molar refractivity (Wildman–Crippen MR) is 106 cm³/mol. The van der Waals surface area contributed by atoms with Gasteiger partial charge in [-0.3, -0.25) is 19.7 Å². The summed E-state index contributed by atoms with van der Waals surface area (Å²) < 4.78 is 43.9. The van der Waals surface area contributed by atoms with Gasteiger partial charge >= 0.3 is 11.9 Å². The Kier molecular flexibility index (Phi) is 7.45. The molecule has 0 heterocycles. The highest BCUT2D eigenvalue weighted by Gasteiger charge is 2.33. The van der Waals surface area contributed by atoms with Crippen LogP contribution in [0.1, 0.15) is 11.1 Å². The van der Waals surface area contributed by atoms with Crippen LogP contribution >= 0.6 is 11.6 Å². The summed E-state index contributed by atoms with van der Waals surface area (Å²) in [4.78, 5) is 35.6. The molecule has 2 aromatic carbocycles. The predicted octanol–water partition coefficient (Wildman–Crippen LogP) is 4.05.